The maximum Gasteiger partial charge on any atom is 0.270 e. The molecule has 0 bridgehead atoms. The zero-order chi connectivity index (χ0) is 15.4. The summed E-state index contributed by atoms with van der Waals surface area (Å²) >= 11 is 0. The molecule has 1 aromatic rings. The number of nitrogens with one attached hydrogen (secondary N) is 2. The number of carbonyl (C=O) groups is 2. The molecule has 2 amide bonds. The number of pyridine rings is 1. The Balaban J connectivity index is 1.62. The second-order valence-corrected chi connectivity index (χ2v) is 6.34. The van der Waals surface area contributed by atoms with Gasteiger partial charge >= 0.3 is 0 Å². The smallest absolute Gasteiger partial charge is 0.270 e. The summed E-state index contributed by atoms with van der Waals surface area (Å²) in [7, 11) is 0. The van der Waals surface area contributed by atoms with Crippen LogP contribution in [-0.4, -0.2) is 28.9 Å². The number of carbonyl (C=O) groups excluding carboxylic acids is 2. The number of hydrogen-bond acceptors (Lipinski definition) is 3. The van der Waals surface area contributed by atoms with Gasteiger partial charge in [0.25, 0.3) is 11.8 Å². The Hall–Kier alpha value is -1.91. The highest BCUT2D eigenvalue weighted by atomic mass is 16.2. The van der Waals surface area contributed by atoms with Gasteiger partial charge < -0.3 is 10.6 Å². The summed E-state index contributed by atoms with van der Waals surface area (Å²) in [6, 6.07) is 3.79. The van der Waals surface area contributed by atoms with Crippen LogP contribution >= 0.6 is 0 Å². The first-order chi connectivity index (χ1) is 10.7. The summed E-state index contributed by atoms with van der Waals surface area (Å²) < 4.78 is 0. The molecule has 0 spiro atoms. The lowest BCUT2D eigenvalue weighted by Gasteiger charge is -2.16. The molecule has 5 heteroatoms. The van der Waals surface area contributed by atoms with Gasteiger partial charge in [-0.05, 0) is 37.8 Å². The average Bonchev–Trinajstić information content (AvgIpc) is 3.35. The van der Waals surface area contributed by atoms with Gasteiger partial charge in [-0.15, -0.1) is 0 Å². The summed E-state index contributed by atoms with van der Waals surface area (Å²) in [5.41, 5.74) is 0.834. The highest BCUT2D eigenvalue weighted by Gasteiger charge is 2.24. The maximum atomic E-state index is 12.3. The van der Waals surface area contributed by atoms with Crippen molar-refractivity contribution in [2.45, 2.75) is 63.5 Å². The second-order valence-electron chi connectivity index (χ2n) is 6.34. The van der Waals surface area contributed by atoms with Gasteiger partial charge in [0.05, 0.1) is 0 Å². The average molecular weight is 301 g/mol. The van der Waals surface area contributed by atoms with E-state index < -0.39 is 0 Å². The quantitative estimate of drug-likeness (QED) is 0.839. The van der Waals surface area contributed by atoms with Gasteiger partial charge in [0, 0.05) is 23.8 Å². The van der Waals surface area contributed by atoms with Crippen LogP contribution in [0.3, 0.4) is 0 Å². The Kier molecular flexibility index (Phi) is 4.71. The predicted octanol–water partition coefficient (Wildman–Crippen LogP) is 2.43. The molecule has 1 heterocycles. The normalized spacial score (nSPS) is 19.3. The number of rotatable bonds is 4. The van der Waals surface area contributed by atoms with E-state index in [0.29, 0.717) is 17.3 Å². The number of aromatic nitrogens is 1. The zero-order valence-corrected chi connectivity index (χ0v) is 12.8. The molecule has 2 fully saturated rings. The fourth-order valence-corrected chi connectivity index (χ4v) is 2.88. The molecule has 0 saturated heterocycles. The van der Waals surface area contributed by atoms with E-state index in [4.69, 9.17) is 0 Å². The predicted molar refractivity (Wildman–Crippen MR) is 83.7 cm³/mol. The van der Waals surface area contributed by atoms with Gasteiger partial charge in [-0.2, -0.15) is 0 Å². The van der Waals surface area contributed by atoms with E-state index in [9.17, 15) is 9.59 Å². The van der Waals surface area contributed by atoms with E-state index in [1.165, 1.54) is 31.9 Å². The van der Waals surface area contributed by atoms with Crippen LogP contribution in [0.15, 0.2) is 18.3 Å². The van der Waals surface area contributed by atoms with Crippen LogP contribution in [-0.2, 0) is 0 Å². The van der Waals surface area contributed by atoms with Gasteiger partial charge in [-0.25, -0.2) is 0 Å². The largest absolute Gasteiger partial charge is 0.349 e. The van der Waals surface area contributed by atoms with Crippen LogP contribution in [0, 0.1) is 0 Å². The monoisotopic (exact) mass is 301 g/mol. The van der Waals surface area contributed by atoms with E-state index in [2.05, 4.69) is 15.6 Å². The molecule has 2 saturated carbocycles. The lowest BCUT2D eigenvalue weighted by molar-refractivity contribution is 0.0928. The van der Waals surface area contributed by atoms with Gasteiger partial charge in [0.15, 0.2) is 0 Å². The molecular formula is C17H23N3O2. The SMILES string of the molecule is O=C(NC1CC1)c1ccnc(C(=O)NC2CCCCCC2)c1. The molecule has 5 nitrogen and oxygen atoms in total. The summed E-state index contributed by atoms with van der Waals surface area (Å²) in [4.78, 5) is 28.5. The van der Waals surface area contributed by atoms with Gasteiger partial charge in [-0.1, -0.05) is 25.7 Å². The molecular weight excluding hydrogens is 278 g/mol. The molecule has 0 aliphatic heterocycles. The van der Waals surface area contributed by atoms with Crippen molar-refractivity contribution in [2.75, 3.05) is 0 Å². The molecule has 0 aromatic carbocycles. The van der Waals surface area contributed by atoms with Crippen molar-refractivity contribution >= 4 is 11.8 Å². The minimum absolute atomic E-state index is 0.117. The molecule has 22 heavy (non-hydrogen) atoms. The van der Waals surface area contributed by atoms with Crippen molar-refractivity contribution in [3.05, 3.63) is 29.6 Å². The molecule has 2 aliphatic rings. The molecule has 2 N–H and O–H groups in total. The third-order valence-electron chi connectivity index (χ3n) is 4.36. The molecule has 0 unspecified atom stereocenters. The van der Waals surface area contributed by atoms with Gasteiger partial charge in [0.2, 0.25) is 0 Å². The lowest BCUT2D eigenvalue weighted by Crippen LogP contribution is -2.35. The molecule has 118 valence electrons. The molecule has 0 atom stereocenters. The summed E-state index contributed by atoms with van der Waals surface area (Å²) in [6.45, 7) is 0. The van der Waals surface area contributed by atoms with Crippen molar-refractivity contribution < 1.29 is 9.59 Å². The lowest BCUT2D eigenvalue weighted by atomic mass is 10.1. The zero-order valence-electron chi connectivity index (χ0n) is 12.8. The van der Waals surface area contributed by atoms with E-state index in [1.54, 1.807) is 12.1 Å². The van der Waals surface area contributed by atoms with Crippen molar-refractivity contribution in [1.82, 2.24) is 15.6 Å². The summed E-state index contributed by atoms with van der Waals surface area (Å²) in [5, 5.41) is 5.99. The van der Waals surface area contributed by atoms with E-state index in [-0.39, 0.29) is 17.9 Å². The first-order valence-corrected chi connectivity index (χ1v) is 8.30. The van der Waals surface area contributed by atoms with Gasteiger partial charge in [0.1, 0.15) is 5.69 Å². The summed E-state index contributed by atoms with van der Waals surface area (Å²) in [6.07, 6.45) is 10.5. The number of amides is 2. The Morgan fingerprint density at radius 2 is 1.55 bits per heavy atom. The highest BCUT2D eigenvalue weighted by Crippen LogP contribution is 2.20. The minimum atomic E-state index is -0.173. The first-order valence-electron chi connectivity index (χ1n) is 8.30. The topological polar surface area (TPSA) is 71.1 Å². The third kappa shape index (κ3) is 4.06. The fraction of sp³-hybridized carbons (Fsp3) is 0.588. The highest BCUT2D eigenvalue weighted by molar-refractivity contribution is 5.98. The summed E-state index contributed by atoms with van der Waals surface area (Å²) in [5.74, 6) is -0.290. The van der Waals surface area contributed by atoms with Gasteiger partial charge in [-0.3, -0.25) is 14.6 Å². The Morgan fingerprint density at radius 3 is 2.23 bits per heavy atom. The van der Waals surface area contributed by atoms with Crippen molar-refractivity contribution in [1.29, 1.82) is 0 Å². The number of nitrogens with zero attached hydrogens (tertiary/aromatic N) is 1. The van der Waals surface area contributed by atoms with Crippen LogP contribution in [0.4, 0.5) is 0 Å². The minimum Gasteiger partial charge on any atom is -0.349 e. The molecule has 0 radical (unpaired) electrons. The third-order valence-corrected chi connectivity index (χ3v) is 4.36. The van der Waals surface area contributed by atoms with Crippen molar-refractivity contribution in [3.8, 4) is 0 Å². The second kappa shape index (κ2) is 6.90. The maximum absolute atomic E-state index is 12.3. The Bertz CT molecular complexity index is 547. The first kappa shape index (κ1) is 15.0. The molecule has 2 aliphatic carbocycles. The Morgan fingerprint density at radius 1 is 0.909 bits per heavy atom. The van der Waals surface area contributed by atoms with Crippen LogP contribution in [0.1, 0.15) is 72.2 Å². The molecule has 3 rings (SSSR count). The van der Waals surface area contributed by atoms with Crippen molar-refractivity contribution in [2.24, 2.45) is 0 Å². The Labute approximate surface area is 130 Å². The van der Waals surface area contributed by atoms with E-state index in [0.717, 1.165) is 25.7 Å². The number of hydrogen-bond donors (Lipinski definition) is 2. The van der Waals surface area contributed by atoms with Crippen LogP contribution in [0.5, 0.6) is 0 Å². The van der Waals surface area contributed by atoms with Crippen LogP contribution in [0.25, 0.3) is 0 Å². The van der Waals surface area contributed by atoms with E-state index in [1.807, 2.05) is 0 Å². The fourth-order valence-electron chi connectivity index (χ4n) is 2.88. The van der Waals surface area contributed by atoms with Crippen LogP contribution < -0.4 is 10.6 Å². The van der Waals surface area contributed by atoms with Crippen LogP contribution in [0.2, 0.25) is 0 Å². The van der Waals surface area contributed by atoms with Crippen molar-refractivity contribution in [3.63, 3.8) is 0 Å². The molecule has 1 aromatic heterocycles. The van der Waals surface area contributed by atoms with E-state index >= 15 is 0 Å². The standard InChI is InChI=1S/C17H23N3O2/c21-16(19-14-7-8-14)12-9-10-18-15(11-12)17(22)20-13-5-3-1-2-4-6-13/h9-11,13-14H,1-8H2,(H,19,21)(H,20,22).